The van der Waals surface area contributed by atoms with E-state index in [4.69, 9.17) is 28.0 Å². The Morgan fingerprint density at radius 3 is 2.30 bits per heavy atom. The summed E-state index contributed by atoms with van der Waals surface area (Å²) in [4.78, 5) is 59.7. The van der Waals surface area contributed by atoms with Crippen LogP contribution in [0.25, 0.3) is 0 Å². The fourth-order valence-corrected chi connectivity index (χ4v) is 3.52. The molecule has 160 valence electrons. The van der Waals surface area contributed by atoms with Crippen molar-refractivity contribution in [3.63, 3.8) is 0 Å². The van der Waals surface area contributed by atoms with Crippen molar-refractivity contribution in [1.82, 2.24) is 15.3 Å². The van der Waals surface area contributed by atoms with Crippen molar-refractivity contribution in [2.75, 3.05) is 29.5 Å². The van der Waals surface area contributed by atoms with Crippen molar-refractivity contribution in [2.45, 2.75) is 6.04 Å². The van der Waals surface area contributed by atoms with Crippen molar-refractivity contribution in [2.24, 2.45) is 5.16 Å². The molecule has 11 nitrogen and oxygen atoms in total. The zero-order valence-electron chi connectivity index (χ0n) is 15.2. The third kappa shape index (κ3) is 6.45. The van der Waals surface area contributed by atoms with E-state index in [-0.39, 0.29) is 39.1 Å². The molecule has 15 heteroatoms. The molecule has 3 N–H and O–H groups in total. The summed E-state index contributed by atoms with van der Waals surface area (Å²) >= 11 is 13.0. The number of carbonyl (C=O) groups is 4. The molecule has 0 saturated carbocycles. The first-order chi connectivity index (χ1) is 14.4. The monoisotopic (exact) mass is 492 g/mol. The highest BCUT2D eigenvalue weighted by atomic mass is 35.5. The minimum Gasteiger partial charge on any atom is -0.398 e. The van der Waals surface area contributed by atoms with E-state index >= 15 is 0 Å². The van der Waals surface area contributed by atoms with Gasteiger partial charge in [-0.25, -0.2) is 9.97 Å². The number of halogens is 2. The molecule has 0 bridgehead atoms. The first-order valence-corrected chi connectivity index (χ1v) is 10.7. The summed E-state index contributed by atoms with van der Waals surface area (Å²) < 4.78 is 0. The summed E-state index contributed by atoms with van der Waals surface area (Å²) in [7, 11) is 1.24. The lowest BCUT2D eigenvalue weighted by atomic mass is 10.2. The summed E-state index contributed by atoms with van der Waals surface area (Å²) in [5.74, 6) is -2.20. The first-order valence-electron chi connectivity index (χ1n) is 7.92. The lowest BCUT2D eigenvalue weighted by molar-refractivity contribution is -0.119. The number of nitrogens with zero attached hydrogens (tertiary/aromatic N) is 3. The van der Waals surface area contributed by atoms with Crippen LogP contribution in [-0.2, 0) is 24.0 Å². The van der Waals surface area contributed by atoms with Crippen molar-refractivity contribution in [3.8, 4) is 0 Å². The van der Waals surface area contributed by atoms with E-state index in [2.05, 4.69) is 31.1 Å². The number of hydrogen-bond acceptors (Lipinski definition) is 10. The second kappa shape index (κ2) is 11.5. The van der Waals surface area contributed by atoms with Crippen molar-refractivity contribution < 1.29 is 24.0 Å². The number of carbonyl (C=O) groups excluding carboxylic acids is 4. The van der Waals surface area contributed by atoms with E-state index in [0.717, 1.165) is 22.7 Å². The van der Waals surface area contributed by atoms with E-state index in [0.29, 0.717) is 6.29 Å². The number of anilines is 2. The molecule has 0 aliphatic carbocycles. The Kier molecular flexibility index (Phi) is 9.11. The van der Waals surface area contributed by atoms with Gasteiger partial charge in [-0.1, -0.05) is 5.16 Å². The largest absolute Gasteiger partial charge is 0.398 e. The maximum atomic E-state index is 12.7. The minimum atomic E-state index is -1.12. The van der Waals surface area contributed by atoms with Crippen LogP contribution in [0.2, 0.25) is 0 Å². The van der Waals surface area contributed by atoms with Crippen LogP contribution in [-0.4, -0.2) is 58.6 Å². The molecule has 2 rings (SSSR count). The van der Waals surface area contributed by atoms with Crippen LogP contribution in [0.3, 0.4) is 0 Å². The SMILES string of the molecule is CON=C(C(=O)NC(C=O)c1csc(NC(=O)CCl)n1)c1csc(NC(=O)CCl)n1. The second-order valence-electron chi connectivity index (χ2n) is 5.19. The van der Waals surface area contributed by atoms with E-state index < -0.39 is 23.8 Å². The number of hydrogen-bond donors (Lipinski definition) is 3. The molecule has 3 amide bonds. The number of nitrogens with one attached hydrogen (secondary N) is 3. The predicted octanol–water partition coefficient (Wildman–Crippen LogP) is 1.36. The molecule has 0 aliphatic rings. The van der Waals surface area contributed by atoms with Crippen LogP contribution < -0.4 is 16.0 Å². The van der Waals surface area contributed by atoms with Gasteiger partial charge in [0.1, 0.15) is 36.9 Å². The third-order valence-electron chi connectivity index (χ3n) is 3.14. The fourth-order valence-electron chi connectivity index (χ4n) is 1.91. The van der Waals surface area contributed by atoms with Gasteiger partial charge in [0, 0.05) is 10.8 Å². The molecular weight excluding hydrogens is 479 g/mol. The Morgan fingerprint density at radius 2 is 1.73 bits per heavy atom. The molecular formula is C15H14Cl2N6O5S2. The maximum absolute atomic E-state index is 12.7. The van der Waals surface area contributed by atoms with Crippen LogP contribution in [0.1, 0.15) is 17.4 Å². The smallest absolute Gasteiger partial charge is 0.276 e. The molecule has 2 aromatic heterocycles. The number of rotatable bonds is 10. The number of aromatic nitrogens is 2. The normalized spacial score (nSPS) is 12.0. The van der Waals surface area contributed by atoms with E-state index in [1.165, 1.54) is 17.9 Å². The van der Waals surface area contributed by atoms with E-state index in [1.807, 2.05) is 0 Å². The lowest BCUT2D eigenvalue weighted by Gasteiger charge is -2.10. The average Bonchev–Trinajstić information content (AvgIpc) is 3.39. The zero-order chi connectivity index (χ0) is 22.1. The zero-order valence-corrected chi connectivity index (χ0v) is 18.3. The first kappa shape index (κ1) is 23.7. The number of alkyl halides is 2. The molecule has 0 aromatic carbocycles. The van der Waals surface area contributed by atoms with Gasteiger partial charge < -0.3 is 25.6 Å². The summed E-state index contributed by atoms with van der Waals surface area (Å²) in [5, 5.41) is 14.4. The van der Waals surface area contributed by atoms with Gasteiger partial charge in [0.2, 0.25) is 11.8 Å². The van der Waals surface area contributed by atoms with Gasteiger partial charge in [-0.05, 0) is 0 Å². The van der Waals surface area contributed by atoms with Gasteiger partial charge in [0.25, 0.3) is 5.91 Å². The van der Waals surface area contributed by atoms with Crippen LogP contribution in [0.15, 0.2) is 15.9 Å². The summed E-state index contributed by atoms with van der Waals surface area (Å²) in [5.41, 5.74) is 0.0958. The van der Waals surface area contributed by atoms with Gasteiger partial charge in [0.15, 0.2) is 16.0 Å². The van der Waals surface area contributed by atoms with Gasteiger partial charge in [-0.15, -0.1) is 45.9 Å². The molecule has 1 unspecified atom stereocenters. The lowest BCUT2D eigenvalue weighted by Crippen LogP contribution is -2.36. The molecule has 0 fully saturated rings. The van der Waals surface area contributed by atoms with Crippen LogP contribution in [0.4, 0.5) is 10.3 Å². The van der Waals surface area contributed by atoms with E-state index in [1.54, 1.807) is 0 Å². The summed E-state index contributed by atoms with van der Waals surface area (Å²) in [6.45, 7) is 0. The van der Waals surface area contributed by atoms with Gasteiger partial charge in [-0.3, -0.25) is 14.4 Å². The highest BCUT2D eigenvalue weighted by Crippen LogP contribution is 2.21. The molecule has 0 aliphatic heterocycles. The molecule has 1 atom stereocenters. The Balaban J connectivity index is 2.15. The molecule has 2 aromatic rings. The predicted molar refractivity (Wildman–Crippen MR) is 113 cm³/mol. The quantitative estimate of drug-likeness (QED) is 0.196. The summed E-state index contributed by atoms with van der Waals surface area (Å²) in [6.07, 6.45) is 0.470. The van der Waals surface area contributed by atoms with Gasteiger partial charge in [-0.2, -0.15) is 0 Å². The van der Waals surface area contributed by atoms with Crippen molar-refractivity contribution in [3.05, 3.63) is 22.1 Å². The second-order valence-corrected chi connectivity index (χ2v) is 7.44. The Morgan fingerprint density at radius 1 is 1.13 bits per heavy atom. The Hall–Kier alpha value is -2.61. The molecule has 2 heterocycles. The Labute approximate surface area is 187 Å². The molecule has 0 saturated heterocycles. The van der Waals surface area contributed by atoms with Crippen LogP contribution in [0, 0.1) is 0 Å². The standard InChI is InChI=1S/C15H14Cl2N6O5S2/c1-28-23-12(9-6-30-15(20-9)22-11(26)3-17)13(27)18-7(4-24)8-5-29-14(19-8)21-10(25)2-16/h4-7H,2-3H2,1H3,(H,18,27)(H,19,21,25)(H,20,22,26). The summed E-state index contributed by atoms with van der Waals surface area (Å²) in [6, 6.07) is -1.12. The van der Waals surface area contributed by atoms with Gasteiger partial charge >= 0.3 is 0 Å². The molecule has 0 radical (unpaired) electrons. The average molecular weight is 493 g/mol. The van der Waals surface area contributed by atoms with Gasteiger partial charge in [0.05, 0.1) is 5.69 Å². The van der Waals surface area contributed by atoms with Crippen molar-refractivity contribution in [1.29, 1.82) is 0 Å². The van der Waals surface area contributed by atoms with Crippen LogP contribution in [0.5, 0.6) is 0 Å². The number of thiazole rings is 2. The number of oxime groups is 1. The van der Waals surface area contributed by atoms with E-state index in [9.17, 15) is 19.2 Å². The molecule has 0 spiro atoms. The number of amides is 3. The van der Waals surface area contributed by atoms with Crippen molar-refractivity contribution >= 4 is 85.9 Å². The highest BCUT2D eigenvalue weighted by molar-refractivity contribution is 7.14. The maximum Gasteiger partial charge on any atom is 0.276 e. The third-order valence-corrected chi connectivity index (χ3v) is 5.16. The number of aldehydes is 1. The minimum absolute atomic E-state index is 0.113. The highest BCUT2D eigenvalue weighted by Gasteiger charge is 2.24. The van der Waals surface area contributed by atoms with Crippen LogP contribution >= 0.6 is 45.9 Å². The topological polar surface area (TPSA) is 152 Å². The Bertz CT molecular complexity index is 963. The molecule has 30 heavy (non-hydrogen) atoms. The fraction of sp³-hybridized carbons (Fsp3) is 0.267.